The fourth-order valence-corrected chi connectivity index (χ4v) is 3.71. The van der Waals surface area contributed by atoms with E-state index in [4.69, 9.17) is 0 Å². The van der Waals surface area contributed by atoms with Crippen LogP contribution in [0.3, 0.4) is 0 Å². The topological polar surface area (TPSA) is 55.0 Å². The molecule has 1 aliphatic heterocycles. The fraction of sp³-hybridized carbons (Fsp3) is 0.333. The monoisotopic (exact) mass is 393 g/mol. The maximum atomic E-state index is 12.6. The number of ketones is 1. The van der Waals surface area contributed by atoms with Crippen LogP contribution >= 0.6 is 0 Å². The Morgan fingerprint density at radius 1 is 1.00 bits per heavy atom. The van der Waals surface area contributed by atoms with Crippen LogP contribution in [0.4, 0.5) is 5.69 Å². The number of rotatable bonds is 7. The van der Waals surface area contributed by atoms with Crippen molar-refractivity contribution >= 4 is 23.5 Å². The van der Waals surface area contributed by atoms with Gasteiger partial charge in [-0.1, -0.05) is 36.4 Å². The Bertz CT molecular complexity index is 838. The van der Waals surface area contributed by atoms with Crippen LogP contribution in [0, 0.1) is 0 Å². The van der Waals surface area contributed by atoms with E-state index in [0.717, 1.165) is 38.4 Å². The largest absolute Gasteiger partial charge is 0.322 e. The third kappa shape index (κ3) is 6.11. The highest BCUT2D eigenvalue weighted by Crippen LogP contribution is 2.10. The molecule has 5 nitrogen and oxygen atoms in total. The van der Waals surface area contributed by atoms with E-state index in [0.29, 0.717) is 5.56 Å². The van der Waals surface area contributed by atoms with Crippen LogP contribution in [0.1, 0.15) is 29.8 Å². The van der Waals surface area contributed by atoms with Crippen molar-refractivity contribution in [1.29, 1.82) is 0 Å². The van der Waals surface area contributed by atoms with Gasteiger partial charge in [0.25, 0.3) is 5.91 Å². The van der Waals surface area contributed by atoms with Gasteiger partial charge < -0.3 is 15.1 Å². The zero-order chi connectivity index (χ0) is 20.6. The molecule has 3 rings (SSSR count). The van der Waals surface area contributed by atoms with E-state index in [1.165, 1.54) is 17.4 Å². The van der Waals surface area contributed by atoms with Gasteiger partial charge in [0.2, 0.25) is 0 Å². The van der Waals surface area contributed by atoms with Gasteiger partial charge in [-0.15, -0.1) is 0 Å². The summed E-state index contributed by atoms with van der Waals surface area (Å²) in [5.74, 6) is 0.0580. The number of quaternary nitrogens is 2. The average Bonchev–Trinajstić information content (AvgIpc) is 2.75. The second-order valence-corrected chi connectivity index (χ2v) is 7.77. The lowest BCUT2D eigenvalue weighted by Gasteiger charge is -2.32. The van der Waals surface area contributed by atoms with Crippen molar-refractivity contribution in [2.45, 2.75) is 19.9 Å². The molecule has 0 aromatic heterocycles. The molecule has 1 fully saturated rings. The van der Waals surface area contributed by atoms with E-state index in [9.17, 15) is 9.59 Å². The molecule has 2 aromatic carbocycles. The minimum Gasteiger partial charge on any atom is -0.322 e. The molecule has 152 valence electrons. The molecule has 0 aliphatic carbocycles. The van der Waals surface area contributed by atoms with Crippen LogP contribution < -0.4 is 15.1 Å². The van der Waals surface area contributed by atoms with Crippen molar-refractivity contribution in [3.63, 3.8) is 0 Å². The Hall–Kier alpha value is -2.76. The van der Waals surface area contributed by atoms with E-state index < -0.39 is 0 Å². The highest BCUT2D eigenvalue weighted by Gasteiger charge is 2.30. The fourth-order valence-electron chi connectivity index (χ4n) is 3.71. The standard InChI is InChI=1S/C24H29N3O2/c1-19(24(29)25-23-12-10-22(11-13-23)20(2)28)27-17-15-26(16-18-27)14-6-9-21-7-4-3-5-8-21/h3-13,19H,14-18H2,1-2H3,(H,25,29)/p+2/b9-6+/t19-/m1/s1. The summed E-state index contributed by atoms with van der Waals surface area (Å²) in [6.45, 7) is 8.68. The van der Waals surface area contributed by atoms with Crippen LogP contribution in [-0.4, -0.2) is 50.5 Å². The Kier molecular flexibility index (Phi) is 7.33. The molecule has 2 aromatic rings. The minimum absolute atomic E-state index is 0.0275. The summed E-state index contributed by atoms with van der Waals surface area (Å²) in [5.41, 5.74) is 2.63. The van der Waals surface area contributed by atoms with Gasteiger partial charge in [0.05, 0.1) is 6.54 Å². The minimum atomic E-state index is -0.0936. The van der Waals surface area contributed by atoms with Crippen LogP contribution in [0.25, 0.3) is 6.08 Å². The van der Waals surface area contributed by atoms with Gasteiger partial charge in [-0.25, -0.2) is 0 Å². The lowest BCUT2D eigenvalue weighted by atomic mass is 10.1. The second kappa shape index (κ2) is 10.1. The van der Waals surface area contributed by atoms with E-state index >= 15 is 0 Å². The number of Topliss-reactive ketones (excluding diaryl/α,β-unsaturated/α-hetero) is 1. The summed E-state index contributed by atoms with van der Waals surface area (Å²) < 4.78 is 0. The van der Waals surface area contributed by atoms with E-state index in [2.05, 4.69) is 41.7 Å². The van der Waals surface area contributed by atoms with Gasteiger partial charge in [-0.2, -0.15) is 0 Å². The van der Waals surface area contributed by atoms with E-state index in [1.807, 2.05) is 13.0 Å². The molecule has 1 atom stereocenters. The number of nitrogens with one attached hydrogen (secondary N) is 3. The van der Waals surface area contributed by atoms with Crippen LogP contribution in [-0.2, 0) is 4.79 Å². The lowest BCUT2D eigenvalue weighted by molar-refractivity contribution is -1.02. The molecule has 1 heterocycles. The van der Waals surface area contributed by atoms with Crippen molar-refractivity contribution in [2.24, 2.45) is 0 Å². The maximum Gasteiger partial charge on any atom is 0.282 e. The molecule has 1 saturated heterocycles. The van der Waals surface area contributed by atoms with Crippen molar-refractivity contribution in [3.05, 3.63) is 71.8 Å². The number of hydrogen-bond acceptors (Lipinski definition) is 2. The summed E-state index contributed by atoms with van der Waals surface area (Å²) in [5, 5.41) is 2.98. The summed E-state index contributed by atoms with van der Waals surface area (Å²) in [7, 11) is 0. The van der Waals surface area contributed by atoms with Gasteiger partial charge in [0, 0.05) is 11.3 Å². The van der Waals surface area contributed by atoms with Crippen molar-refractivity contribution in [3.8, 4) is 0 Å². The first-order chi connectivity index (χ1) is 14.0. The maximum absolute atomic E-state index is 12.6. The van der Waals surface area contributed by atoms with E-state index in [-0.39, 0.29) is 17.7 Å². The predicted octanol–water partition coefficient (Wildman–Crippen LogP) is 0.713. The second-order valence-electron chi connectivity index (χ2n) is 7.77. The molecular formula is C24H31N3O2+2. The van der Waals surface area contributed by atoms with Crippen molar-refractivity contribution < 1.29 is 19.4 Å². The number of benzene rings is 2. The zero-order valence-electron chi connectivity index (χ0n) is 17.3. The van der Waals surface area contributed by atoms with Gasteiger partial charge >= 0.3 is 0 Å². The molecule has 0 bridgehead atoms. The Morgan fingerprint density at radius 2 is 1.66 bits per heavy atom. The SMILES string of the molecule is CC(=O)c1ccc(NC(=O)[C@@H](C)[NH+]2CC[NH+](C/C=C/c3ccccc3)CC2)cc1. The quantitative estimate of drug-likeness (QED) is 0.607. The number of carbonyl (C=O) groups is 2. The number of piperazine rings is 1. The predicted molar refractivity (Wildman–Crippen MR) is 116 cm³/mol. The third-order valence-corrected chi connectivity index (χ3v) is 5.68. The molecule has 3 N–H and O–H groups in total. The molecule has 1 amide bonds. The normalized spacial score (nSPS) is 20.3. The van der Waals surface area contributed by atoms with Gasteiger partial charge in [0.1, 0.15) is 26.2 Å². The van der Waals surface area contributed by atoms with Crippen molar-refractivity contribution in [2.75, 3.05) is 38.0 Å². The summed E-state index contributed by atoms with van der Waals surface area (Å²) >= 11 is 0. The first kappa shape index (κ1) is 21.0. The summed E-state index contributed by atoms with van der Waals surface area (Å²) in [6.07, 6.45) is 4.43. The zero-order valence-corrected chi connectivity index (χ0v) is 17.3. The Balaban J connectivity index is 1.44. The van der Waals surface area contributed by atoms with Crippen molar-refractivity contribution in [1.82, 2.24) is 0 Å². The highest BCUT2D eigenvalue weighted by molar-refractivity contribution is 5.96. The lowest BCUT2D eigenvalue weighted by Crippen LogP contribution is -3.29. The first-order valence-electron chi connectivity index (χ1n) is 10.3. The van der Waals surface area contributed by atoms with Crippen LogP contribution in [0.15, 0.2) is 60.7 Å². The molecule has 1 aliphatic rings. The van der Waals surface area contributed by atoms with Gasteiger partial charge in [-0.3, -0.25) is 9.59 Å². The molecule has 5 heteroatoms. The summed E-state index contributed by atoms with van der Waals surface area (Å²) in [4.78, 5) is 26.9. The Labute approximate surface area is 173 Å². The number of amides is 1. The molecule has 0 unspecified atom stereocenters. The number of hydrogen-bond donors (Lipinski definition) is 3. The van der Waals surface area contributed by atoms with Gasteiger partial charge in [0.15, 0.2) is 11.8 Å². The van der Waals surface area contributed by atoms with Crippen LogP contribution in [0.2, 0.25) is 0 Å². The first-order valence-corrected chi connectivity index (χ1v) is 10.3. The molecule has 0 spiro atoms. The molecule has 0 saturated carbocycles. The Morgan fingerprint density at radius 3 is 2.28 bits per heavy atom. The smallest absolute Gasteiger partial charge is 0.282 e. The molecule has 0 radical (unpaired) electrons. The average molecular weight is 394 g/mol. The number of anilines is 1. The summed E-state index contributed by atoms with van der Waals surface area (Å²) in [6, 6.07) is 17.4. The van der Waals surface area contributed by atoms with Crippen LogP contribution in [0.5, 0.6) is 0 Å². The van der Waals surface area contributed by atoms with Gasteiger partial charge in [-0.05, 0) is 49.8 Å². The highest BCUT2D eigenvalue weighted by atomic mass is 16.2. The molecular weight excluding hydrogens is 362 g/mol. The third-order valence-electron chi connectivity index (χ3n) is 5.68. The number of carbonyl (C=O) groups excluding carboxylic acids is 2. The molecule has 29 heavy (non-hydrogen) atoms. The van der Waals surface area contributed by atoms with E-state index in [1.54, 1.807) is 29.2 Å².